The maximum Gasteiger partial charge on any atom is 0.330 e. The number of halogens is 3. The Morgan fingerprint density at radius 1 is 1.00 bits per heavy atom. The monoisotopic (exact) mass is 644 g/mol. The highest BCUT2D eigenvalue weighted by molar-refractivity contribution is 5.97. The van der Waals surface area contributed by atoms with Gasteiger partial charge in [-0.1, -0.05) is 44.4 Å². The lowest BCUT2D eigenvalue weighted by atomic mass is 9.76. The van der Waals surface area contributed by atoms with Gasteiger partial charge in [-0.25, -0.2) is 4.39 Å². The Balaban J connectivity index is 1.49. The Hall–Kier alpha value is -3.93. The molecule has 46 heavy (non-hydrogen) atoms. The summed E-state index contributed by atoms with van der Waals surface area (Å²) in [6.07, 6.45) is 3.14. The smallest absolute Gasteiger partial charge is 0.330 e. The van der Waals surface area contributed by atoms with Crippen molar-refractivity contribution in [1.29, 1.82) is 0 Å². The van der Waals surface area contributed by atoms with Crippen LogP contribution in [0.25, 0.3) is 0 Å². The number of aromatic hydroxyl groups is 1. The molecule has 0 radical (unpaired) electrons. The van der Waals surface area contributed by atoms with Gasteiger partial charge in [0.25, 0.3) is 0 Å². The quantitative estimate of drug-likeness (QED) is 0.310. The Labute approximate surface area is 267 Å². The van der Waals surface area contributed by atoms with E-state index in [2.05, 4.69) is 15.5 Å². The second-order valence-corrected chi connectivity index (χ2v) is 12.4. The van der Waals surface area contributed by atoms with Gasteiger partial charge in [-0.05, 0) is 55.6 Å². The van der Waals surface area contributed by atoms with Gasteiger partial charge in [0, 0.05) is 56.9 Å². The fraction of sp³-hybridized carbons (Fsp3) is 0.529. The number of Topliss-reactive ketones (excluding diaryl/α,β-unsaturated/α-hetero) is 1. The van der Waals surface area contributed by atoms with Crippen molar-refractivity contribution in [3.63, 3.8) is 0 Å². The van der Waals surface area contributed by atoms with E-state index in [1.165, 1.54) is 30.3 Å². The number of hydrogen-bond donors (Lipinski definition) is 3. The zero-order valence-electron chi connectivity index (χ0n) is 26.4. The molecule has 0 unspecified atom stereocenters. The summed E-state index contributed by atoms with van der Waals surface area (Å²) in [5.74, 6) is -9.31. The number of benzene rings is 2. The lowest BCUT2D eigenvalue weighted by Gasteiger charge is -2.34. The van der Waals surface area contributed by atoms with Crippen molar-refractivity contribution in [2.75, 3.05) is 38.5 Å². The average molecular weight is 645 g/mol. The normalized spacial score (nSPS) is 17.6. The number of phenols is 1. The van der Waals surface area contributed by atoms with Crippen molar-refractivity contribution < 1.29 is 37.5 Å². The molecule has 0 aromatic heterocycles. The van der Waals surface area contributed by atoms with Crippen LogP contribution in [-0.2, 0) is 31.5 Å². The molecule has 0 bridgehead atoms. The third kappa shape index (κ3) is 8.86. The number of anilines is 1. The van der Waals surface area contributed by atoms with E-state index in [4.69, 9.17) is 0 Å². The topological polar surface area (TPSA) is 119 Å². The molecule has 1 aliphatic carbocycles. The molecule has 1 saturated heterocycles. The van der Waals surface area contributed by atoms with E-state index < -0.39 is 53.1 Å². The summed E-state index contributed by atoms with van der Waals surface area (Å²) in [6.45, 7) is 4.09. The number of likely N-dealkylation sites (N-methyl/N-ethyl adjacent to an activating group) is 1. The standard InChI is InChI=1S/C34H43F3N4O5/c1-3-31(44)38-29(33(46)41-16-14-40(2)15-17-41)19-22-12-13-28(27(35)18-22)39-32(45)26(23-8-5-4-6-9-23)21-30(43)34(36,37)24-10-7-11-25(42)20-24/h7,10-13,18,20,23,26,29,42H,3-6,8-9,14-17,19,21H2,1-2H3,(H,38,44)(H,39,45)/t26-,29+/m0/s1. The van der Waals surface area contributed by atoms with Crippen molar-refractivity contribution in [3.05, 3.63) is 59.4 Å². The Bertz CT molecular complexity index is 1410. The minimum absolute atomic E-state index is 0.0331. The van der Waals surface area contributed by atoms with Gasteiger partial charge in [-0.15, -0.1) is 0 Å². The lowest BCUT2D eigenvalue weighted by molar-refractivity contribution is -0.147. The molecule has 2 atom stereocenters. The van der Waals surface area contributed by atoms with Gasteiger partial charge in [0.2, 0.25) is 23.5 Å². The molecule has 2 aromatic rings. The van der Waals surface area contributed by atoms with Crippen molar-refractivity contribution in [1.82, 2.24) is 15.1 Å². The zero-order valence-corrected chi connectivity index (χ0v) is 26.4. The maximum atomic E-state index is 15.4. The van der Waals surface area contributed by atoms with Crippen LogP contribution < -0.4 is 10.6 Å². The number of phenolic OH excluding ortho intramolecular Hbond substituents is 1. The summed E-state index contributed by atoms with van der Waals surface area (Å²) in [5.41, 5.74) is -0.424. The lowest BCUT2D eigenvalue weighted by Crippen LogP contribution is -2.54. The summed E-state index contributed by atoms with van der Waals surface area (Å²) in [7, 11) is 1.96. The summed E-state index contributed by atoms with van der Waals surface area (Å²) in [5, 5.41) is 14.9. The number of hydrogen-bond acceptors (Lipinski definition) is 6. The molecule has 250 valence electrons. The minimum Gasteiger partial charge on any atom is -0.508 e. The summed E-state index contributed by atoms with van der Waals surface area (Å²) >= 11 is 0. The van der Waals surface area contributed by atoms with Crippen molar-refractivity contribution in [3.8, 4) is 5.75 Å². The number of piperazine rings is 1. The highest BCUT2D eigenvalue weighted by Crippen LogP contribution is 2.38. The molecular formula is C34H43F3N4O5. The minimum atomic E-state index is -3.93. The molecule has 2 fully saturated rings. The number of ketones is 1. The number of carbonyl (C=O) groups is 4. The molecule has 3 N–H and O–H groups in total. The van der Waals surface area contributed by atoms with Crippen LogP contribution in [0, 0.1) is 17.7 Å². The second-order valence-electron chi connectivity index (χ2n) is 12.4. The Morgan fingerprint density at radius 2 is 1.70 bits per heavy atom. The molecule has 9 nitrogen and oxygen atoms in total. The molecule has 12 heteroatoms. The average Bonchev–Trinajstić information content (AvgIpc) is 3.04. The van der Waals surface area contributed by atoms with E-state index in [0.29, 0.717) is 44.6 Å². The first kappa shape index (κ1) is 34.9. The fourth-order valence-corrected chi connectivity index (χ4v) is 6.19. The first-order valence-corrected chi connectivity index (χ1v) is 16.0. The van der Waals surface area contributed by atoms with Gasteiger partial charge in [0.1, 0.15) is 17.6 Å². The fourth-order valence-electron chi connectivity index (χ4n) is 6.19. The second kappa shape index (κ2) is 15.6. The number of amides is 3. The number of rotatable bonds is 12. The molecule has 0 spiro atoms. The van der Waals surface area contributed by atoms with E-state index >= 15 is 13.2 Å². The van der Waals surface area contributed by atoms with Crippen molar-refractivity contribution >= 4 is 29.2 Å². The maximum absolute atomic E-state index is 15.4. The van der Waals surface area contributed by atoms with Crippen LogP contribution in [0.1, 0.15) is 63.0 Å². The molecule has 3 amide bonds. The number of carbonyl (C=O) groups excluding carboxylic acids is 4. The van der Waals surface area contributed by atoms with Gasteiger partial charge < -0.3 is 25.5 Å². The number of nitrogens with one attached hydrogen (secondary N) is 2. The van der Waals surface area contributed by atoms with Gasteiger partial charge in [0.15, 0.2) is 0 Å². The first-order valence-electron chi connectivity index (χ1n) is 16.0. The van der Waals surface area contributed by atoms with Gasteiger partial charge >= 0.3 is 5.92 Å². The van der Waals surface area contributed by atoms with E-state index in [9.17, 15) is 24.3 Å². The van der Waals surface area contributed by atoms with Crippen LogP contribution in [0.15, 0.2) is 42.5 Å². The van der Waals surface area contributed by atoms with Crippen molar-refractivity contribution in [2.45, 2.75) is 70.3 Å². The predicted octanol–water partition coefficient (Wildman–Crippen LogP) is 4.63. The number of alkyl halides is 2. The summed E-state index contributed by atoms with van der Waals surface area (Å²) < 4.78 is 45.7. The summed E-state index contributed by atoms with van der Waals surface area (Å²) in [4.78, 5) is 55.7. The van der Waals surface area contributed by atoms with Crippen LogP contribution in [0.2, 0.25) is 0 Å². The third-order valence-corrected chi connectivity index (χ3v) is 9.02. The van der Waals surface area contributed by atoms with E-state index in [1.807, 2.05) is 7.05 Å². The number of nitrogens with zero attached hydrogens (tertiary/aromatic N) is 2. The third-order valence-electron chi connectivity index (χ3n) is 9.02. The zero-order chi connectivity index (χ0) is 33.4. The van der Waals surface area contributed by atoms with Crippen molar-refractivity contribution in [2.24, 2.45) is 11.8 Å². The molecule has 1 aliphatic heterocycles. The summed E-state index contributed by atoms with van der Waals surface area (Å²) in [6, 6.07) is 7.45. The van der Waals surface area contributed by atoms with E-state index in [0.717, 1.165) is 31.4 Å². The molecule has 4 rings (SSSR count). The molecule has 2 aromatic carbocycles. The highest BCUT2D eigenvalue weighted by Gasteiger charge is 2.44. The molecular weight excluding hydrogens is 601 g/mol. The van der Waals surface area contributed by atoms with Crippen LogP contribution in [0.4, 0.5) is 18.9 Å². The van der Waals surface area contributed by atoms with Gasteiger partial charge in [-0.3, -0.25) is 19.2 Å². The molecule has 1 saturated carbocycles. The predicted molar refractivity (Wildman–Crippen MR) is 167 cm³/mol. The first-order chi connectivity index (χ1) is 21.9. The van der Waals surface area contributed by atoms with Crippen LogP contribution in [0.5, 0.6) is 5.75 Å². The van der Waals surface area contributed by atoms with Gasteiger partial charge in [0.05, 0.1) is 5.69 Å². The largest absolute Gasteiger partial charge is 0.508 e. The van der Waals surface area contributed by atoms with E-state index in [-0.39, 0.29) is 36.3 Å². The highest BCUT2D eigenvalue weighted by atomic mass is 19.3. The Morgan fingerprint density at radius 3 is 2.33 bits per heavy atom. The van der Waals surface area contributed by atoms with Crippen LogP contribution >= 0.6 is 0 Å². The molecule has 1 heterocycles. The molecule has 2 aliphatic rings. The SMILES string of the molecule is CCC(=O)N[C@H](Cc1ccc(NC(=O)[C@@H](CC(=O)C(F)(F)c2cccc(O)c2)C2CCCCC2)c(F)c1)C(=O)N1CCN(C)CC1. The van der Waals surface area contributed by atoms with Crippen LogP contribution in [0.3, 0.4) is 0 Å². The van der Waals surface area contributed by atoms with Crippen LogP contribution in [-0.4, -0.2) is 77.7 Å². The van der Waals surface area contributed by atoms with E-state index in [1.54, 1.807) is 11.8 Å². The van der Waals surface area contributed by atoms with Gasteiger partial charge in [-0.2, -0.15) is 8.78 Å². The Kier molecular flexibility index (Phi) is 11.8.